The summed E-state index contributed by atoms with van der Waals surface area (Å²) in [5.41, 5.74) is 2.31. The van der Waals surface area contributed by atoms with Crippen LogP contribution < -0.4 is 0 Å². The number of aromatic nitrogens is 2. The van der Waals surface area contributed by atoms with Crippen LogP contribution in [0.5, 0.6) is 0 Å². The molecule has 1 aromatic carbocycles. The number of carbonyl (C=O) groups excluding carboxylic acids is 1. The second kappa shape index (κ2) is 7.13. The fraction of sp³-hybridized carbons (Fsp3) is 0.529. The highest BCUT2D eigenvalue weighted by molar-refractivity contribution is 7.89. The Hall–Kier alpha value is -1.93. The van der Waals surface area contributed by atoms with Gasteiger partial charge in [-0.25, -0.2) is 13.4 Å². The number of benzene rings is 1. The van der Waals surface area contributed by atoms with E-state index in [0.717, 1.165) is 23.3 Å². The summed E-state index contributed by atoms with van der Waals surface area (Å²) >= 11 is 0. The van der Waals surface area contributed by atoms with Crippen LogP contribution in [-0.2, 0) is 16.4 Å². The van der Waals surface area contributed by atoms with Crippen LogP contribution >= 0.6 is 0 Å². The number of aryl methyl sites for hydroxylation is 1. The number of aromatic amines is 1. The van der Waals surface area contributed by atoms with Gasteiger partial charge in [0.2, 0.25) is 10.0 Å². The van der Waals surface area contributed by atoms with Crippen LogP contribution in [0.3, 0.4) is 0 Å². The average molecular weight is 364 g/mol. The Labute approximate surface area is 148 Å². The Kier molecular flexibility index (Phi) is 5.10. The Balaban J connectivity index is 1.70. The van der Waals surface area contributed by atoms with E-state index in [4.69, 9.17) is 0 Å². The first-order valence-corrected chi connectivity index (χ1v) is 10.3. The van der Waals surface area contributed by atoms with E-state index >= 15 is 0 Å². The number of piperazine rings is 1. The van der Waals surface area contributed by atoms with Crippen LogP contribution in [0.2, 0.25) is 0 Å². The molecule has 1 aliphatic heterocycles. The number of hydrogen-bond acceptors (Lipinski definition) is 4. The number of hydrogen-bond donors (Lipinski definition) is 1. The Morgan fingerprint density at radius 3 is 2.56 bits per heavy atom. The minimum Gasteiger partial charge on any atom is -0.342 e. The van der Waals surface area contributed by atoms with E-state index in [1.165, 1.54) is 4.31 Å². The minimum atomic E-state index is -3.19. The molecule has 0 saturated carbocycles. The highest BCUT2D eigenvalue weighted by Gasteiger charge is 2.28. The summed E-state index contributed by atoms with van der Waals surface area (Å²) in [5, 5.41) is 0. The number of imidazole rings is 1. The highest BCUT2D eigenvalue weighted by Crippen LogP contribution is 2.17. The van der Waals surface area contributed by atoms with E-state index in [1.54, 1.807) is 11.0 Å². The monoisotopic (exact) mass is 364 g/mol. The number of amides is 1. The summed E-state index contributed by atoms with van der Waals surface area (Å²) in [6.07, 6.45) is 1.41. The Bertz CT molecular complexity index is 867. The van der Waals surface area contributed by atoms with Crippen molar-refractivity contribution in [1.82, 2.24) is 19.2 Å². The molecule has 1 N–H and O–H groups in total. The van der Waals surface area contributed by atoms with E-state index in [-0.39, 0.29) is 11.7 Å². The zero-order valence-electron chi connectivity index (χ0n) is 14.7. The molecule has 0 unspecified atom stereocenters. The molecule has 136 valence electrons. The predicted molar refractivity (Wildman–Crippen MR) is 97.0 cm³/mol. The van der Waals surface area contributed by atoms with Crippen molar-refractivity contribution in [3.63, 3.8) is 0 Å². The zero-order valence-corrected chi connectivity index (χ0v) is 15.5. The molecule has 3 rings (SSSR count). The van der Waals surface area contributed by atoms with Crippen LogP contribution in [0, 0.1) is 0 Å². The maximum atomic E-state index is 12.7. The van der Waals surface area contributed by atoms with Crippen LogP contribution in [0.15, 0.2) is 18.2 Å². The van der Waals surface area contributed by atoms with Gasteiger partial charge < -0.3 is 9.88 Å². The van der Waals surface area contributed by atoms with Gasteiger partial charge in [-0.15, -0.1) is 0 Å². The molecular formula is C17H24N4O3S. The summed E-state index contributed by atoms with van der Waals surface area (Å²) in [6.45, 7) is 5.44. The molecule has 0 bridgehead atoms. The molecule has 0 aliphatic carbocycles. The van der Waals surface area contributed by atoms with Gasteiger partial charge >= 0.3 is 0 Å². The molecule has 1 aliphatic rings. The first kappa shape index (κ1) is 17.9. The number of H-pyrrole nitrogens is 1. The van der Waals surface area contributed by atoms with E-state index in [0.29, 0.717) is 38.2 Å². The van der Waals surface area contributed by atoms with Gasteiger partial charge in [0.25, 0.3) is 5.91 Å². The van der Waals surface area contributed by atoms with Crippen LogP contribution in [-0.4, -0.2) is 65.4 Å². The minimum absolute atomic E-state index is 0.0675. The standard InChI is InChI=1S/C17H24N4O3S/c1-3-11-25(23,24)21-9-7-20(8-10-21)17(22)13-5-6-14-15(12-13)19-16(4-2)18-14/h5-6,12H,3-4,7-11H2,1-2H3,(H,18,19). The summed E-state index contributed by atoms with van der Waals surface area (Å²) in [6, 6.07) is 5.45. The van der Waals surface area contributed by atoms with Gasteiger partial charge in [-0.3, -0.25) is 4.79 Å². The van der Waals surface area contributed by atoms with Crippen molar-refractivity contribution in [1.29, 1.82) is 0 Å². The third-order valence-corrected chi connectivity index (χ3v) is 6.57. The van der Waals surface area contributed by atoms with Crippen molar-refractivity contribution in [2.45, 2.75) is 26.7 Å². The SMILES string of the molecule is CCCS(=O)(=O)N1CCN(C(=O)c2ccc3nc(CC)[nH]c3c2)CC1. The molecule has 0 atom stereocenters. The van der Waals surface area contributed by atoms with Gasteiger partial charge in [-0.1, -0.05) is 13.8 Å². The largest absolute Gasteiger partial charge is 0.342 e. The molecule has 1 aromatic heterocycles. The summed E-state index contributed by atoms with van der Waals surface area (Å²) < 4.78 is 25.7. The number of carbonyl (C=O) groups is 1. The maximum Gasteiger partial charge on any atom is 0.254 e. The van der Waals surface area contributed by atoms with Gasteiger partial charge in [-0.2, -0.15) is 4.31 Å². The lowest BCUT2D eigenvalue weighted by Gasteiger charge is -2.34. The van der Waals surface area contributed by atoms with Gasteiger partial charge in [0, 0.05) is 38.2 Å². The Morgan fingerprint density at radius 1 is 1.20 bits per heavy atom. The highest BCUT2D eigenvalue weighted by atomic mass is 32.2. The summed E-state index contributed by atoms with van der Waals surface area (Å²) in [5.74, 6) is 0.994. The Morgan fingerprint density at radius 2 is 1.92 bits per heavy atom. The van der Waals surface area contributed by atoms with Crippen molar-refractivity contribution in [2.75, 3.05) is 31.9 Å². The zero-order chi connectivity index (χ0) is 18.0. The van der Waals surface area contributed by atoms with Crippen LogP contribution in [0.4, 0.5) is 0 Å². The third-order valence-electron chi connectivity index (χ3n) is 4.49. The van der Waals surface area contributed by atoms with E-state index in [9.17, 15) is 13.2 Å². The molecule has 2 aromatic rings. The lowest BCUT2D eigenvalue weighted by atomic mass is 10.1. The molecule has 7 nitrogen and oxygen atoms in total. The van der Waals surface area contributed by atoms with Crippen molar-refractivity contribution in [2.24, 2.45) is 0 Å². The molecule has 25 heavy (non-hydrogen) atoms. The summed E-state index contributed by atoms with van der Waals surface area (Å²) in [4.78, 5) is 22.1. The summed E-state index contributed by atoms with van der Waals surface area (Å²) in [7, 11) is -3.19. The van der Waals surface area contributed by atoms with E-state index in [2.05, 4.69) is 9.97 Å². The lowest BCUT2D eigenvalue weighted by molar-refractivity contribution is 0.0698. The average Bonchev–Trinajstić information content (AvgIpc) is 3.03. The molecule has 0 radical (unpaired) electrons. The molecule has 1 amide bonds. The van der Waals surface area contributed by atoms with E-state index < -0.39 is 10.0 Å². The fourth-order valence-electron chi connectivity index (χ4n) is 3.10. The molecule has 2 heterocycles. The maximum absolute atomic E-state index is 12.7. The molecule has 8 heteroatoms. The molecule has 1 saturated heterocycles. The number of nitrogens with one attached hydrogen (secondary N) is 1. The van der Waals surface area contributed by atoms with Crippen molar-refractivity contribution < 1.29 is 13.2 Å². The van der Waals surface area contributed by atoms with Gasteiger partial charge in [-0.05, 0) is 24.6 Å². The van der Waals surface area contributed by atoms with Crippen molar-refractivity contribution in [3.05, 3.63) is 29.6 Å². The number of nitrogens with zero attached hydrogens (tertiary/aromatic N) is 3. The normalized spacial score (nSPS) is 16.5. The first-order chi connectivity index (χ1) is 11.9. The van der Waals surface area contributed by atoms with Crippen molar-refractivity contribution >= 4 is 27.0 Å². The number of fused-ring (bicyclic) bond motifs is 1. The van der Waals surface area contributed by atoms with Gasteiger partial charge in [0.15, 0.2) is 0 Å². The first-order valence-electron chi connectivity index (χ1n) is 8.70. The smallest absolute Gasteiger partial charge is 0.254 e. The second-order valence-corrected chi connectivity index (χ2v) is 8.36. The third kappa shape index (κ3) is 3.69. The molecule has 1 fully saturated rings. The number of sulfonamides is 1. The second-order valence-electron chi connectivity index (χ2n) is 6.28. The van der Waals surface area contributed by atoms with Gasteiger partial charge in [0.05, 0.1) is 16.8 Å². The quantitative estimate of drug-likeness (QED) is 0.873. The lowest BCUT2D eigenvalue weighted by Crippen LogP contribution is -2.51. The molecular weight excluding hydrogens is 340 g/mol. The molecule has 0 spiro atoms. The van der Waals surface area contributed by atoms with Crippen molar-refractivity contribution in [3.8, 4) is 0 Å². The number of rotatable bonds is 5. The predicted octanol–water partition coefficient (Wildman–Crippen LogP) is 1.62. The topological polar surface area (TPSA) is 86.4 Å². The van der Waals surface area contributed by atoms with Crippen LogP contribution in [0.1, 0.15) is 36.5 Å². The van der Waals surface area contributed by atoms with E-state index in [1.807, 2.05) is 26.0 Å². The van der Waals surface area contributed by atoms with Gasteiger partial charge in [0.1, 0.15) is 5.82 Å². The van der Waals surface area contributed by atoms with Crippen LogP contribution in [0.25, 0.3) is 11.0 Å². The fourth-order valence-corrected chi connectivity index (χ4v) is 4.60.